The van der Waals surface area contributed by atoms with E-state index in [-0.39, 0.29) is 11.8 Å². The molecule has 16 heavy (non-hydrogen) atoms. The van der Waals surface area contributed by atoms with Gasteiger partial charge in [-0.2, -0.15) is 0 Å². The van der Waals surface area contributed by atoms with E-state index in [1.807, 2.05) is 30.3 Å². The quantitative estimate of drug-likeness (QED) is 0.774. The molecule has 2 N–H and O–H groups in total. The topological polar surface area (TPSA) is 43.1 Å². The second kappa shape index (κ2) is 4.97. The zero-order chi connectivity index (χ0) is 11.4. The standard InChI is InChI=1S/C14H17NO/c15-14(16)13(11-7-3-1-4-8-11)12-9-5-2-6-10-12/h1,3-4,7-9,13H,2,5-6,10H2,(H2,15,16)/t13-/m0/s1. The van der Waals surface area contributed by atoms with Gasteiger partial charge in [0.2, 0.25) is 5.91 Å². The summed E-state index contributed by atoms with van der Waals surface area (Å²) in [5.41, 5.74) is 7.74. The summed E-state index contributed by atoms with van der Waals surface area (Å²) in [6.45, 7) is 0. The van der Waals surface area contributed by atoms with Gasteiger partial charge in [0.15, 0.2) is 0 Å². The van der Waals surface area contributed by atoms with E-state index in [1.165, 1.54) is 18.4 Å². The molecule has 1 aromatic rings. The lowest BCUT2D eigenvalue weighted by Gasteiger charge is -2.20. The maximum atomic E-state index is 11.6. The fourth-order valence-corrected chi connectivity index (χ4v) is 2.33. The Hall–Kier alpha value is -1.57. The first-order valence-electron chi connectivity index (χ1n) is 5.82. The second-order valence-corrected chi connectivity index (χ2v) is 4.27. The van der Waals surface area contributed by atoms with Gasteiger partial charge >= 0.3 is 0 Å². The Balaban J connectivity index is 2.31. The minimum absolute atomic E-state index is 0.221. The largest absolute Gasteiger partial charge is 0.369 e. The highest BCUT2D eigenvalue weighted by Crippen LogP contribution is 2.31. The van der Waals surface area contributed by atoms with E-state index >= 15 is 0 Å². The molecule has 1 amide bonds. The molecule has 0 aliphatic heterocycles. The van der Waals surface area contributed by atoms with Crippen LogP contribution in [0.5, 0.6) is 0 Å². The molecule has 1 atom stereocenters. The summed E-state index contributed by atoms with van der Waals surface area (Å²) in [4.78, 5) is 11.6. The van der Waals surface area contributed by atoms with E-state index in [1.54, 1.807) is 0 Å². The number of carbonyl (C=O) groups excluding carboxylic acids is 1. The number of nitrogens with two attached hydrogens (primary N) is 1. The van der Waals surface area contributed by atoms with Crippen molar-refractivity contribution >= 4 is 5.91 Å². The van der Waals surface area contributed by atoms with Crippen molar-refractivity contribution in [3.05, 3.63) is 47.5 Å². The molecule has 1 aromatic carbocycles. The van der Waals surface area contributed by atoms with Crippen molar-refractivity contribution in [1.82, 2.24) is 0 Å². The Bertz CT molecular complexity index is 394. The van der Waals surface area contributed by atoms with Crippen LogP contribution < -0.4 is 5.73 Å². The summed E-state index contributed by atoms with van der Waals surface area (Å²) in [6, 6.07) is 9.82. The van der Waals surface area contributed by atoms with Gasteiger partial charge in [0, 0.05) is 0 Å². The molecule has 0 saturated carbocycles. The summed E-state index contributed by atoms with van der Waals surface area (Å²) >= 11 is 0. The van der Waals surface area contributed by atoms with E-state index in [0.29, 0.717) is 0 Å². The van der Waals surface area contributed by atoms with Crippen molar-refractivity contribution in [3.63, 3.8) is 0 Å². The number of benzene rings is 1. The molecule has 0 spiro atoms. The van der Waals surface area contributed by atoms with Gasteiger partial charge in [0.1, 0.15) is 0 Å². The SMILES string of the molecule is NC(=O)[C@H](C1=CCCCC1)c1ccccc1. The van der Waals surface area contributed by atoms with Gasteiger partial charge in [-0.15, -0.1) is 0 Å². The number of hydrogen-bond donors (Lipinski definition) is 1. The maximum absolute atomic E-state index is 11.6. The number of primary amides is 1. The summed E-state index contributed by atoms with van der Waals surface area (Å²) in [7, 11) is 0. The summed E-state index contributed by atoms with van der Waals surface area (Å²) in [6.07, 6.45) is 6.66. The molecule has 0 heterocycles. The van der Waals surface area contributed by atoms with Crippen LogP contribution in [-0.2, 0) is 4.79 Å². The van der Waals surface area contributed by atoms with Crippen molar-refractivity contribution in [2.24, 2.45) is 5.73 Å². The van der Waals surface area contributed by atoms with E-state index < -0.39 is 0 Å². The highest BCUT2D eigenvalue weighted by atomic mass is 16.1. The average Bonchev–Trinajstić information content (AvgIpc) is 2.31. The summed E-state index contributed by atoms with van der Waals surface area (Å²) in [5, 5.41) is 0. The van der Waals surface area contributed by atoms with Gasteiger partial charge < -0.3 is 5.73 Å². The first-order valence-corrected chi connectivity index (χ1v) is 5.82. The van der Waals surface area contributed by atoms with Crippen molar-refractivity contribution in [3.8, 4) is 0 Å². The molecule has 0 radical (unpaired) electrons. The van der Waals surface area contributed by atoms with E-state index in [0.717, 1.165) is 18.4 Å². The van der Waals surface area contributed by atoms with Crippen LogP contribution in [-0.4, -0.2) is 5.91 Å². The highest BCUT2D eigenvalue weighted by Gasteiger charge is 2.22. The van der Waals surface area contributed by atoms with Gasteiger partial charge in [-0.05, 0) is 31.2 Å². The van der Waals surface area contributed by atoms with E-state index in [9.17, 15) is 4.79 Å². The van der Waals surface area contributed by atoms with E-state index in [4.69, 9.17) is 5.73 Å². The number of carbonyl (C=O) groups is 1. The normalized spacial score (nSPS) is 17.6. The number of allylic oxidation sites excluding steroid dienone is 1. The smallest absolute Gasteiger partial charge is 0.229 e. The molecule has 2 nitrogen and oxygen atoms in total. The predicted molar refractivity (Wildman–Crippen MR) is 64.9 cm³/mol. The molecule has 0 fully saturated rings. The predicted octanol–water partition coefficient (Wildman–Crippen LogP) is 2.76. The minimum Gasteiger partial charge on any atom is -0.369 e. The fraction of sp³-hybridized carbons (Fsp3) is 0.357. The van der Waals surface area contributed by atoms with Crippen LogP contribution >= 0.6 is 0 Å². The Labute approximate surface area is 96.2 Å². The van der Waals surface area contributed by atoms with Crippen LogP contribution in [0.25, 0.3) is 0 Å². The van der Waals surface area contributed by atoms with Crippen molar-refractivity contribution < 1.29 is 4.79 Å². The molecule has 1 aliphatic rings. The minimum atomic E-state index is -0.237. The van der Waals surface area contributed by atoms with Crippen LogP contribution in [0.1, 0.15) is 37.2 Å². The first kappa shape index (κ1) is 10.9. The van der Waals surface area contributed by atoms with Crippen molar-refractivity contribution in [2.75, 3.05) is 0 Å². The third-order valence-electron chi connectivity index (χ3n) is 3.11. The third kappa shape index (κ3) is 2.32. The Morgan fingerprint density at radius 1 is 1.19 bits per heavy atom. The molecule has 2 rings (SSSR count). The Morgan fingerprint density at radius 3 is 2.50 bits per heavy atom. The molecule has 0 unspecified atom stereocenters. The fourth-order valence-electron chi connectivity index (χ4n) is 2.33. The molecular formula is C14H17NO. The Kier molecular flexibility index (Phi) is 3.40. The van der Waals surface area contributed by atoms with Crippen LogP contribution in [0.4, 0.5) is 0 Å². The molecule has 2 heteroatoms. The molecule has 0 aromatic heterocycles. The van der Waals surface area contributed by atoms with Crippen molar-refractivity contribution in [1.29, 1.82) is 0 Å². The lowest BCUT2D eigenvalue weighted by Crippen LogP contribution is -2.23. The first-order chi connectivity index (χ1) is 7.79. The van der Waals surface area contributed by atoms with Crippen molar-refractivity contribution in [2.45, 2.75) is 31.6 Å². The maximum Gasteiger partial charge on any atom is 0.229 e. The van der Waals surface area contributed by atoms with Crippen LogP contribution in [0.3, 0.4) is 0 Å². The van der Waals surface area contributed by atoms with Gasteiger partial charge in [-0.1, -0.05) is 42.0 Å². The Morgan fingerprint density at radius 2 is 1.94 bits per heavy atom. The lowest BCUT2D eigenvalue weighted by molar-refractivity contribution is -0.118. The molecule has 0 bridgehead atoms. The molecule has 0 saturated heterocycles. The second-order valence-electron chi connectivity index (χ2n) is 4.27. The number of amides is 1. The van der Waals surface area contributed by atoms with Crippen LogP contribution in [0, 0.1) is 0 Å². The molecule has 1 aliphatic carbocycles. The number of hydrogen-bond acceptors (Lipinski definition) is 1. The lowest BCUT2D eigenvalue weighted by atomic mass is 9.84. The highest BCUT2D eigenvalue weighted by molar-refractivity contribution is 5.85. The zero-order valence-electron chi connectivity index (χ0n) is 9.36. The van der Waals surface area contributed by atoms with Gasteiger partial charge in [0.05, 0.1) is 5.92 Å². The van der Waals surface area contributed by atoms with Crippen LogP contribution in [0.15, 0.2) is 42.0 Å². The average molecular weight is 215 g/mol. The summed E-state index contributed by atoms with van der Waals surface area (Å²) in [5.74, 6) is -0.458. The zero-order valence-corrected chi connectivity index (χ0v) is 9.36. The van der Waals surface area contributed by atoms with Gasteiger partial charge in [0.25, 0.3) is 0 Å². The van der Waals surface area contributed by atoms with Gasteiger partial charge in [-0.25, -0.2) is 0 Å². The summed E-state index contributed by atoms with van der Waals surface area (Å²) < 4.78 is 0. The molecular weight excluding hydrogens is 198 g/mol. The van der Waals surface area contributed by atoms with Crippen LogP contribution in [0.2, 0.25) is 0 Å². The molecule has 84 valence electrons. The van der Waals surface area contributed by atoms with Gasteiger partial charge in [-0.3, -0.25) is 4.79 Å². The monoisotopic (exact) mass is 215 g/mol. The number of rotatable bonds is 3. The van der Waals surface area contributed by atoms with E-state index in [2.05, 4.69) is 6.08 Å². The third-order valence-corrected chi connectivity index (χ3v) is 3.11.